The Morgan fingerprint density at radius 1 is 1.12 bits per heavy atom. The number of ketones is 1. The van der Waals surface area contributed by atoms with E-state index in [1.165, 1.54) is 17.7 Å². The highest BCUT2D eigenvalue weighted by Crippen LogP contribution is 2.19. The van der Waals surface area contributed by atoms with Crippen LogP contribution in [0, 0.1) is 0 Å². The molecule has 0 spiro atoms. The third-order valence-corrected chi connectivity index (χ3v) is 6.32. The smallest absolute Gasteiger partial charge is 0.410 e. The summed E-state index contributed by atoms with van der Waals surface area (Å²) in [6.07, 6.45) is 9.55. The molecule has 0 N–H and O–H groups in total. The van der Waals surface area contributed by atoms with Crippen LogP contribution in [0.25, 0.3) is 0 Å². The predicted molar refractivity (Wildman–Crippen MR) is 141 cm³/mol. The van der Waals surface area contributed by atoms with E-state index < -0.39 is 12.1 Å². The fourth-order valence-electron chi connectivity index (χ4n) is 3.92. The van der Waals surface area contributed by atoms with E-state index in [4.69, 9.17) is 4.74 Å². The fraction of sp³-hybridized carbons (Fsp3) is 0.464. The molecule has 6 heteroatoms. The normalized spacial score (nSPS) is 11.6. The van der Waals surface area contributed by atoms with Gasteiger partial charge in [-0.05, 0) is 65.2 Å². The first-order valence-electron chi connectivity index (χ1n) is 12.2. The molecule has 0 saturated heterocycles. The van der Waals surface area contributed by atoms with E-state index in [1.807, 2.05) is 49.4 Å². The molecule has 0 fully saturated rings. The quantitative estimate of drug-likeness (QED) is 0.141. The van der Waals surface area contributed by atoms with Crippen molar-refractivity contribution in [3.05, 3.63) is 76.5 Å². The van der Waals surface area contributed by atoms with Crippen LogP contribution in [-0.2, 0) is 29.0 Å². The van der Waals surface area contributed by atoms with Crippen LogP contribution in [0.4, 0.5) is 4.79 Å². The molecule has 1 aromatic heterocycles. The molecule has 1 unspecified atom stereocenters. The van der Waals surface area contributed by atoms with Gasteiger partial charge in [0.05, 0.1) is 18.2 Å². The zero-order valence-electron chi connectivity index (χ0n) is 20.5. The Morgan fingerprint density at radius 2 is 1.85 bits per heavy atom. The van der Waals surface area contributed by atoms with Crippen molar-refractivity contribution in [3.63, 3.8) is 0 Å². The van der Waals surface area contributed by atoms with Gasteiger partial charge >= 0.3 is 6.09 Å². The fourth-order valence-corrected chi connectivity index (χ4v) is 4.26. The van der Waals surface area contributed by atoms with Crippen molar-refractivity contribution in [1.29, 1.82) is 0 Å². The summed E-state index contributed by atoms with van der Waals surface area (Å²) >= 11 is 3.44. The lowest BCUT2D eigenvalue weighted by atomic mass is 9.97. The summed E-state index contributed by atoms with van der Waals surface area (Å²) in [6.45, 7) is 5.97. The zero-order chi connectivity index (χ0) is 24.8. The summed E-state index contributed by atoms with van der Waals surface area (Å²) in [5, 5.41) is 0. The summed E-state index contributed by atoms with van der Waals surface area (Å²) in [6, 6.07) is 13.0. The maximum atomic E-state index is 13.3. The first kappa shape index (κ1) is 27.8. The number of hydrogen-bond donors (Lipinski definition) is 0. The lowest BCUT2D eigenvalue weighted by Crippen LogP contribution is -2.43. The number of ether oxygens (including phenoxy) is 1. The molecule has 0 saturated carbocycles. The molecule has 0 radical (unpaired) electrons. The Morgan fingerprint density at radius 3 is 2.56 bits per heavy atom. The second kappa shape index (κ2) is 15.4. The van der Waals surface area contributed by atoms with E-state index >= 15 is 0 Å². The highest BCUT2D eigenvalue weighted by molar-refractivity contribution is 9.10. The number of allylic oxidation sites excluding steroid dienone is 1. The van der Waals surface area contributed by atoms with Crippen molar-refractivity contribution in [2.24, 2.45) is 0 Å². The number of Topliss-reactive ketones (excluding diaryl/α,β-unsaturated/α-hetero) is 1. The number of hydrogen-bond acceptors (Lipinski definition) is 4. The minimum absolute atomic E-state index is 0.0150. The number of nitrogens with zero attached hydrogens (tertiary/aromatic N) is 2. The number of likely N-dealkylation sites (N-methyl/N-ethyl adjacent to an activating group) is 1. The van der Waals surface area contributed by atoms with Crippen molar-refractivity contribution >= 4 is 27.8 Å². The monoisotopic (exact) mass is 528 g/mol. The van der Waals surface area contributed by atoms with Gasteiger partial charge < -0.3 is 9.64 Å². The lowest BCUT2D eigenvalue weighted by molar-refractivity contribution is -0.123. The maximum absolute atomic E-state index is 13.3. The van der Waals surface area contributed by atoms with Crippen molar-refractivity contribution in [2.75, 3.05) is 7.05 Å². The summed E-state index contributed by atoms with van der Waals surface area (Å²) in [7, 11) is 1.64. The van der Waals surface area contributed by atoms with Crippen LogP contribution in [-0.4, -0.2) is 34.8 Å². The van der Waals surface area contributed by atoms with Gasteiger partial charge in [-0.1, -0.05) is 68.7 Å². The average Bonchev–Trinajstić information content (AvgIpc) is 2.84. The minimum Gasteiger partial charge on any atom is -0.445 e. The third kappa shape index (κ3) is 9.41. The molecule has 0 aliphatic heterocycles. The molecule has 2 aromatic rings. The Hall–Kier alpha value is -2.47. The first-order valence-corrected chi connectivity index (χ1v) is 13.0. The van der Waals surface area contributed by atoms with Crippen LogP contribution in [0.1, 0.15) is 68.7 Å². The second-order valence-corrected chi connectivity index (χ2v) is 9.39. The van der Waals surface area contributed by atoms with Crippen LogP contribution in [0.2, 0.25) is 0 Å². The molecule has 34 heavy (non-hydrogen) atoms. The van der Waals surface area contributed by atoms with Gasteiger partial charge in [-0.3, -0.25) is 4.79 Å². The molecular weight excluding hydrogens is 492 g/mol. The number of carbonyl (C=O) groups is 2. The van der Waals surface area contributed by atoms with Crippen LogP contribution in [0.5, 0.6) is 0 Å². The van der Waals surface area contributed by atoms with Crippen molar-refractivity contribution < 1.29 is 14.3 Å². The highest BCUT2D eigenvalue weighted by atomic mass is 79.9. The molecule has 0 aliphatic carbocycles. The third-order valence-electron chi connectivity index (χ3n) is 5.87. The minimum atomic E-state index is -0.541. The van der Waals surface area contributed by atoms with E-state index in [1.54, 1.807) is 7.05 Å². The number of rotatable bonds is 15. The molecule has 184 valence electrons. The zero-order valence-corrected chi connectivity index (χ0v) is 22.1. The number of halogens is 1. The topological polar surface area (TPSA) is 59.5 Å². The maximum Gasteiger partial charge on any atom is 0.410 e. The standard InChI is InChI=1S/C28H37BrN2O3/c1-4-6-7-8-9-13-17-23-18-19-27(29)30-24(23)20-26(32)25(14-5-2)31(3)28(33)34-21-22-15-11-10-12-16-22/h4,10-12,15-16,18-19,25H,1,5-9,13-14,17,20-21H2,2-3H3. The van der Waals surface area contributed by atoms with E-state index in [-0.39, 0.29) is 18.8 Å². The number of aryl methyl sites for hydroxylation is 1. The number of unbranched alkanes of at least 4 members (excludes halogenated alkanes) is 4. The Kier molecular flexibility index (Phi) is 12.6. The van der Waals surface area contributed by atoms with Gasteiger partial charge in [0.25, 0.3) is 0 Å². The van der Waals surface area contributed by atoms with Crippen molar-refractivity contribution in [3.8, 4) is 0 Å². The molecule has 0 aliphatic rings. The van der Waals surface area contributed by atoms with Gasteiger partial charge in [0.1, 0.15) is 11.2 Å². The average molecular weight is 530 g/mol. The molecule has 1 amide bonds. The van der Waals surface area contributed by atoms with Crippen molar-refractivity contribution in [1.82, 2.24) is 9.88 Å². The second-order valence-electron chi connectivity index (χ2n) is 8.58. The summed E-state index contributed by atoms with van der Waals surface area (Å²) in [4.78, 5) is 32.1. The van der Waals surface area contributed by atoms with E-state index in [9.17, 15) is 9.59 Å². The van der Waals surface area contributed by atoms with Crippen LogP contribution >= 0.6 is 15.9 Å². The lowest BCUT2D eigenvalue weighted by Gasteiger charge is -2.26. The Labute approximate surface area is 212 Å². The van der Waals surface area contributed by atoms with Gasteiger partial charge in [0.2, 0.25) is 0 Å². The number of pyridine rings is 1. The van der Waals surface area contributed by atoms with E-state index in [0.29, 0.717) is 11.0 Å². The largest absolute Gasteiger partial charge is 0.445 e. The number of benzene rings is 1. The van der Waals surface area contributed by atoms with Crippen LogP contribution < -0.4 is 0 Å². The number of amides is 1. The van der Waals surface area contributed by atoms with E-state index in [0.717, 1.165) is 48.9 Å². The molecule has 1 atom stereocenters. The van der Waals surface area contributed by atoms with Gasteiger partial charge in [-0.25, -0.2) is 9.78 Å². The Balaban J connectivity index is 2.01. The van der Waals surface area contributed by atoms with Gasteiger partial charge in [-0.15, -0.1) is 6.58 Å². The summed E-state index contributed by atoms with van der Waals surface area (Å²) in [5.41, 5.74) is 2.80. The van der Waals surface area contributed by atoms with Crippen molar-refractivity contribution in [2.45, 2.75) is 77.4 Å². The molecule has 5 nitrogen and oxygen atoms in total. The summed E-state index contributed by atoms with van der Waals surface area (Å²) < 4.78 is 6.17. The summed E-state index contributed by atoms with van der Waals surface area (Å²) in [5.74, 6) is -0.0150. The van der Waals surface area contributed by atoms with Gasteiger partial charge in [0.15, 0.2) is 5.78 Å². The number of aromatic nitrogens is 1. The molecule has 1 aromatic carbocycles. The molecule has 0 bridgehead atoms. The van der Waals surface area contributed by atoms with E-state index in [2.05, 4.69) is 33.6 Å². The molecular formula is C28H37BrN2O3. The van der Waals surface area contributed by atoms with Gasteiger partial charge in [-0.2, -0.15) is 0 Å². The van der Waals surface area contributed by atoms with Crippen LogP contribution in [0.3, 0.4) is 0 Å². The SMILES string of the molecule is C=CCCCCCCc1ccc(Br)nc1CC(=O)C(CCC)N(C)C(=O)OCc1ccccc1. The molecule has 1 heterocycles. The Bertz CT molecular complexity index is 917. The number of carbonyl (C=O) groups excluding carboxylic acids is 2. The molecule has 2 rings (SSSR count). The first-order chi connectivity index (χ1) is 16.5. The van der Waals surface area contributed by atoms with Crippen LogP contribution in [0.15, 0.2) is 59.7 Å². The van der Waals surface area contributed by atoms with Gasteiger partial charge in [0, 0.05) is 7.05 Å². The highest BCUT2D eigenvalue weighted by Gasteiger charge is 2.28. The predicted octanol–water partition coefficient (Wildman–Crippen LogP) is 7.07.